The van der Waals surface area contributed by atoms with Crippen molar-refractivity contribution in [1.29, 1.82) is 0 Å². The maximum atomic E-state index is 10.6. The average molecular weight is 150 g/mol. The molecule has 0 fully saturated rings. The van der Waals surface area contributed by atoms with Crippen molar-refractivity contribution >= 4 is 24.6 Å². The Labute approximate surface area is 65.2 Å². The molecule has 3 heteroatoms. The van der Waals surface area contributed by atoms with Gasteiger partial charge in [-0.2, -0.15) is 0 Å². The van der Waals surface area contributed by atoms with Crippen LogP contribution in [0.5, 0.6) is 0 Å². The minimum absolute atomic E-state index is 0.131. The summed E-state index contributed by atoms with van der Waals surface area (Å²) < 4.78 is 0. The molecule has 0 atom stereocenters. The second-order valence-corrected chi connectivity index (χ2v) is 3.16. The van der Waals surface area contributed by atoms with Crippen LogP contribution in [0.2, 0.25) is 0 Å². The van der Waals surface area contributed by atoms with Gasteiger partial charge in [-0.05, 0) is 12.1 Å². The van der Waals surface area contributed by atoms with E-state index in [0.29, 0.717) is 0 Å². The van der Waals surface area contributed by atoms with Gasteiger partial charge in [-0.1, -0.05) is 30.0 Å². The van der Waals surface area contributed by atoms with Gasteiger partial charge in [0, 0.05) is 4.90 Å². The number of hydrogen-bond acceptors (Lipinski definition) is 2. The van der Waals surface area contributed by atoms with E-state index in [4.69, 9.17) is 0 Å². The Morgan fingerprint density at radius 1 is 1.30 bits per heavy atom. The number of rotatable bonds is 1. The third kappa shape index (κ3) is 2.27. The molecule has 1 aromatic carbocycles. The van der Waals surface area contributed by atoms with Crippen LogP contribution >= 0.6 is 11.8 Å². The Balaban J connectivity index is 2.67. The van der Waals surface area contributed by atoms with Gasteiger partial charge in [-0.3, -0.25) is 4.79 Å². The minimum Gasteiger partial charge on any atom is -0.300 e. The molecule has 0 aliphatic rings. The second kappa shape index (κ2) is 3.47. The molecule has 0 bridgehead atoms. The van der Waals surface area contributed by atoms with Crippen LogP contribution in [0.25, 0.3) is 0 Å². The van der Waals surface area contributed by atoms with Gasteiger partial charge in [0.15, 0.2) is 0 Å². The van der Waals surface area contributed by atoms with Crippen LogP contribution in [0.3, 0.4) is 0 Å². The lowest BCUT2D eigenvalue weighted by molar-refractivity contribution is 0.276. The molecular formula is C7H7BOS. The summed E-state index contributed by atoms with van der Waals surface area (Å²) in [5.74, 6) is 0. The summed E-state index contributed by atoms with van der Waals surface area (Å²) in [6.07, 6.45) is 0. The Morgan fingerprint density at radius 2 is 1.90 bits per heavy atom. The summed E-state index contributed by atoms with van der Waals surface area (Å²) in [5.41, 5.74) is 0. The fraction of sp³-hybridized carbons (Fsp3) is 0. The van der Waals surface area contributed by atoms with Gasteiger partial charge in [-0.15, -0.1) is 0 Å². The van der Waals surface area contributed by atoms with Gasteiger partial charge in [-0.25, -0.2) is 0 Å². The van der Waals surface area contributed by atoms with E-state index in [9.17, 15) is 4.79 Å². The zero-order valence-corrected chi connectivity index (χ0v) is 6.52. The van der Waals surface area contributed by atoms with Crippen LogP contribution in [0.4, 0.5) is 4.79 Å². The maximum absolute atomic E-state index is 10.6. The molecule has 1 nitrogen and oxygen atoms in total. The number of carbonyl (C=O) groups is 1. The zero-order chi connectivity index (χ0) is 7.40. The first-order valence-corrected chi connectivity index (χ1v) is 3.84. The molecule has 0 saturated carbocycles. The summed E-state index contributed by atoms with van der Waals surface area (Å²) >= 11 is 1.26. The van der Waals surface area contributed by atoms with Crippen molar-refractivity contribution in [3.8, 4) is 0 Å². The first-order valence-electron chi connectivity index (χ1n) is 3.02. The molecule has 0 unspecified atom stereocenters. The molecule has 0 N–H and O–H groups in total. The molecule has 0 spiro atoms. The maximum Gasteiger partial charge on any atom is 0.202 e. The molecule has 1 aromatic rings. The Morgan fingerprint density at radius 3 is 2.40 bits per heavy atom. The SMILES string of the molecule is BC(=O)Sc1ccccc1. The van der Waals surface area contributed by atoms with E-state index in [1.165, 1.54) is 11.8 Å². The number of benzene rings is 1. The lowest BCUT2D eigenvalue weighted by Gasteiger charge is -1.93. The Bertz CT molecular complexity index is 222. The Hall–Kier alpha value is -0.695. The van der Waals surface area contributed by atoms with Crippen LogP contribution in [-0.2, 0) is 0 Å². The van der Waals surface area contributed by atoms with E-state index in [-0.39, 0.29) is 5.01 Å². The van der Waals surface area contributed by atoms with Gasteiger partial charge in [0.1, 0.15) is 5.01 Å². The number of thioether (sulfide) groups is 1. The summed E-state index contributed by atoms with van der Waals surface area (Å²) in [5, 5.41) is 0.131. The van der Waals surface area contributed by atoms with Crippen molar-refractivity contribution in [3.63, 3.8) is 0 Å². The molecule has 50 valence electrons. The minimum atomic E-state index is 0.131. The lowest BCUT2D eigenvalue weighted by Crippen LogP contribution is -1.82. The van der Waals surface area contributed by atoms with E-state index in [1.807, 2.05) is 30.3 Å². The van der Waals surface area contributed by atoms with Crippen LogP contribution in [0.15, 0.2) is 35.2 Å². The van der Waals surface area contributed by atoms with Crippen molar-refractivity contribution in [1.82, 2.24) is 0 Å². The summed E-state index contributed by atoms with van der Waals surface area (Å²) in [6, 6.07) is 9.62. The predicted molar refractivity (Wildman–Crippen MR) is 46.2 cm³/mol. The van der Waals surface area contributed by atoms with Gasteiger partial charge >= 0.3 is 0 Å². The van der Waals surface area contributed by atoms with E-state index in [2.05, 4.69) is 0 Å². The predicted octanol–water partition coefficient (Wildman–Crippen LogP) is 1.53. The summed E-state index contributed by atoms with van der Waals surface area (Å²) in [6.45, 7) is 0. The molecular weight excluding hydrogens is 143 g/mol. The molecule has 1 rings (SSSR count). The quantitative estimate of drug-likeness (QED) is 0.446. The largest absolute Gasteiger partial charge is 0.300 e. The zero-order valence-electron chi connectivity index (χ0n) is 5.70. The highest BCUT2D eigenvalue weighted by Crippen LogP contribution is 2.16. The molecule has 0 radical (unpaired) electrons. The second-order valence-electron chi connectivity index (χ2n) is 1.91. The van der Waals surface area contributed by atoms with E-state index >= 15 is 0 Å². The molecule has 0 aliphatic carbocycles. The van der Waals surface area contributed by atoms with E-state index in [1.54, 1.807) is 7.85 Å². The van der Waals surface area contributed by atoms with Gasteiger partial charge in [0.05, 0.1) is 0 Å². The topological polar surface area (TPSA) is 17.1 Å². The van der Waals surface area contributed by atoms with Gasteiger partial charge in [0.25, 0.3) is 0 Å². The summed E-state index contributed by atoms with van der Waals surface area (Å²) in [7, 11) is 1.57. The standard InChI is InChI=1S/C7H7BOS/c8-7(9)10-6-4-2-1-3-5-6/h1-5H,8H2. The molecule has 0 heterocycles. The van der Waals surface area contributed by atoms with Gasteiger partial charge < -0.3 is 0 Å². The first kappa shape index (κ1) is 7.41. The molecule has 0 aromatic heterocycles. The lowest BCUT2D eigenvalue weighted by atomic mass is 10.2. The van der Waals surface area contributed by atoms with Crippen LogP contribution in [0, 0.1) is 0 Å². The third-order valence-electron chi connectivity index (χ3n) is 1.00. The first-order chi connectivity index (χ1) is 4.79. The molecule has 0 amide bonds. The highest BCUT2D eigenvalue weighted by molar-refractivity contribution is 8.16. The van der Waals surface area contributed by atoms with E-state index in [0.717, 1.165) is 4.90 Å². The van der Waals surface area contributed by atoms with Crippen molar-refractivity contribution < 1.29 is 4.79 Å². The highest BCUT2D eigenvalue weighted by atomic mass is 32.2. The molecule has 0 aliphatic heterocycles. The number of hydrogen-bond donors (Lipinski definition) is 0. The van der Waals surface area contributed by atoms with Crippen molar-refractivity contribution in [2.45, 2.75) is 4.90 Å². The number of carbonyl (C=O) groups excluding carboxylic acids is 1. The fourth-order valence-electron chi connectivity index (χ4n) is 0.655. The molecule has 0 saturated heterocycles. The van der Waals surface area contributed by atoms with Crippen LogP contribution in [-0.4, -0.2) is 12.9 Å². The van der Waals surface area contributed by atoms with Crippen molar-refractivity contribution in [2.75, 3.05) is 0 Å². The monoisotopic (exact) mass is 150 g/mol. The molecule has 10 heavy (non-hydrogen) atoms. The normalized spacial score (nSPS) is 9.20. The van der Waals surface area contributed by atoms with Gasteiger partial charge in [0.2, 0.25) is 7.85 Å². The highest BCUT2D eigenvalue weighted by Gasteiger charge is 1.94. The van der Waals surface area contributed by atoms with Crippen molar-refractivity contribution in [2.24, 2.45) is 0 Å². The average Bonchev–Trinajstić information content (AvgIpc) is 1.88. The van der Waals surface area contributed by atoms with Crippen LogP contribution < -0.4 is 0 Å². The van der Waals surface area contributed by atoms with E-state index < -0.39 is 0 Å². The Kier molecular flexibility index (Phi) is 2.57. The smallest absolute Gasteiger partial charge is 0.202 e. The summed E-state index contributed by atoms with van der Waals surface area (Å²) in [4.78, 5) is 11.6. The third-order valence-corrected chi connectivity index (χ3v) is 1.80. The fourth-order valence-corrected chi connectivity index (χ4v) is 1.28. The van der Waals surface area contributed by atoms with Crippen molar-refractivity contribution in [3.05, 3.63) is 30.3 Å². The van der Waals surface area contributed by atoms with Crippen LogP contribution in [0.1, 0.15) is 0 Å².